The molecule has 0 spiro atoms. The third-order valence-corrected chi connectivity index (χ3v) is 1.14. The summed E-state index contributed by atoms with van der Waals surface area (Å²) in [4.78, 5) is 0. The molecule has 63 valence electrons. The quantitative estimate of drug-likeness (QED) is 0.591. The van der Waals surface area contributed by atoms with Gasteiger partial charge < -0.3 is 0 Å². The van der Waals surface area contributed by atoms with Gasteiger partial charge >= 0.3 is 6.18 Å². The maximum atomic E-state index is 12.0. The van der Waals surface area contributed by atoms with Crippen LogP contribution in [-0.2, 0) is 13.2 Å². The van der Waals surface area contributed by atoms with Gasteiger partial charge in [0.25, 0.3) is 0 Å². The van der Waals surface area contributed by atoms with Crippen molar-refractivity contribution in [1.82, 2.24) is 9.78 Å². The second-order valence-corrected chi connectivity index (χ2v) is 2.07. The van der Waals surface area contributed by atoms with Crippen molar-refractivity contribution in [2.24, 2.45) is 7.05 Å². The summed E-state index contributed by atoms with van der Waals surface area (Å²) in [6.07, 6.45) is -2.46. The third kappa shape index (κ3) is 1.39. The van der Waals surface area contributed by atoms with E-state index in [0.717, 1.165) is 4.68 Å². The number of rotatable bonds is 0. The van der Waals surface area contributed by atoms with Gasteiger partial charge in [-0.05, 0) is 0 Å². The number of aryl methyl sites for hydroxylation is 1. The smallest absolute Gasteiger partial charge is 0.264 e. The van der Waals surface area contributed by atoms with Crippen LogP contribution in [0.5, 0.6) is 0 Å². The van der Waals surface area contributed by atoms with E-state index in [1.54, 1.807) is 0 Å². The maximum Gasteiger partial charge on any atom is 0.436 e. The molecule has 0 amide bonds. The molecule has 1 radical (unpaired) electrons. The predicted octanol–water partition coefficient (Wildman–Crippen LogP) is 1.11. The van der Waals surface area contributed by atoms with Crippen LogP contribution in [0, 0.1) is 17.5 Å². The number of hydrogen-bond acceptors (Lipinski definition) is 2. The molecule has 1 heterocycles. The Labute approximate surface area is 66.0 Å². The molecule has 0 unspecified atom stereocenters. The Bertz CT molecular complexity index is 331. The Hall–Kier alpha value is -1.51. The molecule has 1 aromatic rings. The van der Waals surface area contributed by atoms with Crippen LogP contribution in [-0.4, -0.2) is 9.78 Å². The van der Waals surface area contributed by atoms with Gasteiger partial charge in [0.05, 0.1) is 0 Å². The largest absolute Gasteiger partial charge is 0.436 e. The summed E-state index contributed by atoms with van der Waals surface area (Å²) in [6.45, 7) is 0. The molecule has 1 aromatic heterocycles. The predicted molar refractivity (Wildman–Crippen MR) is 31.8 cm³/mol. The standard InChI is InChI=1S/C6H3F3N3/c1-12-3-4(2-10)5(11-12)6(7,8)9/h1H3. The van der Waals surface area contributed by atoms with Crippen LogP contribution >= 0.6 is 0 Å². The van der Waals surface area contributed by atoms with Crippen molar-refractivity contribution >= 4 is 0 Å². The van der Waals surface area contributed by atoms with Crippen LogP contribution in [0.2, 0.25) is 0 Å². The van der Waals surface area contributed by atoms with Crippen LogP contribution in [0.15, 0.2) is 0 Å². The van der Waals surface area contributed by atoms with E-state index in [9.17, 15) is 13.2 Å². The van der Waals surface area contributed by atoms with Crippen molar-refractivity contribution in [3.8, 4) is 6.07 Å². The lowest BCUT2D eigenvalue weighted by Crippen LogP contribution is -2.08. The van der Waals surface area contributed by atoms with Gasteiger partial charge in [0.1, 0.15) is 17.8 Å². The van der Waals surface area contributed by atoms with E-state index in [-0.39, 0.29) is 0 Å². The van der Waals surface area contributed by atoms with Crippen molar-refractivity contribution in [2.75, 3.05) is 0 Å². The fraction of sp³-hybridized carbons (Fsp3) is 0.333. The van der Waals surface area contributed by atoms with Crippen LogP contribution in [0.4, 0.5) is 13.2 Å². The first kappa shape index (κ1) is 8.59. The molecule has 3 nitrogen and oxygen atoms in total. The molecule has 1 rings (SSSR count). The normalized spacial score (nSPS) is 11.2. The highest BCUT2D eigenvalue weighted by Crippen LogP contribution is 2.29. The number of alkyl halides is 3. The summed E-state index contributed by atoms with van der Waals surface area (Å²) in [5.74, 6) is 0. The Balaban J connectivity index is 3.25. The van der Waals surface area contributed by atoms with Gasteiger partial charge in [-0.1, -0.05) is 0 Å². The number of aromatic nitrogens is 2. The Morgan fingerprint density at radius 2 is 2.17 bits per heavy atom. The van der Waals surface area contributed by atoms with E-state index in [1.807, 2.05) is 0 Å². The van der Waals surface area contributed by atoms with Crippen molar-refractivity contribution in [3.05, 3.63) is 17.5 Å². The van der Waals surface area contributed by atoms with Crippen LogP contribution in [0.3, 0.4) is 0 Å². The molecule has 0 aliphatic heterocycles. The minimum absolute atomic E-state index is 0.579. The van der Waals surface area contributed by atoms with E-state index in [2.05, 4.69) is 11.3 Å². The van der Waals surface area contributed by atoms with Gasteiger partial charge in [-0.2, -0.15) is 23.5 Å². The minimum Gasteiger partial charge on any atom is -0.264 e. The molecule has 0 atom stereocenters. The van der Waals surface area contributed by atoms with Crippen molar-refractivity contribution < 1.29 is 13.2 Å². The Morgan fingerprint density at radius 3 is 2.50 bits per heavy atom. The summed E-state index contributed by atoms with van der Waals surface area (Å²) >= 11 is 0. The summed E-state index contributed by atoms with van der Waals surface area (Å²) in [6, 6.07) is 1.36. The second-order valence-electron chi connectivity index (χ2n) is 2.07. The zero-order chi connectivity index (χ0) is 9.35. The number of hydrogen-bond donors (Lipinski definition) is 0. The van der Waals surface area contributed by atoms with E-state index in [4.69, 9.17) is 5.26 Å². The molecule has 0 aliphatic rings. The summed E-state index contributed by atoms with van der Waals surface area (Å²) in [7, 11) is 1.27. The molecule has 0 N–H and O–H groups in total. The van der Waals surface area contributed by atoms with Gasteiger partial charge in [-0.25, -0.2) is 0 Å². The van der Waals surface area contributed by atoms with Crippen LogP contribution < -0.4 is 0 Å². The monoisotopic (exact) mass is 174 g/mol. The summed E-state index contributed by atoms with van der Waals surface area (Å²) in [5, 5.41) is 11.3. The lowest BCUT2D eigenvalue weighted by Gasteiger charge is -2.00. The van der Waals surface area contributed by atoms with Gasteiger partial charge in [-0.3, -0.25) is 4.68 Å². The summed E-state index contributed by atoms with van der Waals surface area (Å²) < 4.78 is 36.8. The first-order chi connectivity index (χ1) is 5.45. The van der Waals surface area contributed by atoms with E-state index >= 15 is 0 Å². The Kier molecular flexibility index (Phi) is 1.80. The van der Waals surface area contributed by atoms with Crippen LogP contribution in [0.25, 0.3) is 0 Å². The van der Waals surface area contributed by atoms with Gasteiger partial charge in [0, 0.05) is 7.05 Å². The van der Waals surface area contributed by atoms with E-state index in [0.29, 0.717) is 0 Å². The molecule has 6 heteroatoms. The van der Waals surface area contributed by atoms with Gasteiger partial charge in [-0.15, -0.1) is 0 Å². The molecule has 0 saturated heterocycles. The van der Waals surface area contributed by atoms with E-state index < -0.39 is 17.4 Å². The first-order valence-corrected chi connectivity index (χ1v) is 2.88. The fourth-order valence-corrected chi connectivity index (χ4v) is 0.716. The average Bonchev–Trinajstić information content (AvgIpc) is 2.29. The topological polar surface area (TPSA) is 41.6 Å². The average molecular weight is 174 g/mol. The lowest BCUT2D eigenvalue weighted by molar-refractivity contribution is -0.141. The first-order valence-electron chi connectivity index (χ1n) is 2.88. The minimum atomic E-state index is -4.58. The number of nitrogens with zero attached hydrogens (tertiary/aromatic N) is 3. The Morgan fingerprint density at radius 1 is 1.58 bits per heavy atom. The highest BCUT2D eigenvalue weighted by Gasteiger charge is 2.37. The SMILES string of the molecule is Cn1[c]c(C#N)c(C(F)(F)F)n1. The van der Waals surface area contributed by atoms with Crippen molar-refractivity contribution in [3.63, 3.8) is 0 Å². The lowest BCUT2D eigenvalue weighted by atomic mass is 10.3. The highest BCUT2D eigenvalue weighted by atomic mass is 19.4. The third-order valence-electron chi connectivity index (χ3n) is 1.14. The van der Waals surface area contributed by atoms with Crippen molar-refractivity contribution in [1.29, 1.82) is 5.26 Å². The fourth-order valence-electron chi connectivity index (χ4n) is 0.716. The second kappa shape index (κ2) is 2.52. The molecule has 12 heavy (non-hydrogen) atoms. The molecule has 0 fully saturated rings. The summed E-state index contributed by atoms with van der Waals surface area (Å²) in [5.41, 5.74) is -1.77. The van der Waals surface area contributed by atoms with Gasteiger partial charge in [0.2, 0.25) is 0 Å². The molecule has 0 bridgehead atoms. The zero-order valence-corrected chi connectivity index (χ0v) is 5.98. The van der Waals surface area contributed by atoms with Gasteiger partial charge in [0.15, 0.2) is 5.69 Å². The maximum absolute atomic E-state index is 12.0. The van der Waals surface area contributed by atoms with E-state index in [1.165, 1.54) is 13.1 Å². The zero-order valence-electron chi connectivity index (χ0n) is 5.98. The molecule has 0 aromatic carbocycles. The molecular weight excluding hydrogens is 171 g/mol. The number of halogens is 3. The highest BCUT2D eigenvalue weighted by molar-refractivity contribution is 5.31. The van der Waals surface area contributed by atoms with Crippen LogP contribution in [0.1, 0.15) is 11.3 Å². The van der Waals surface area contributed by atoms with Crippen molar-refractivity contribution in [2.45, 2.75) is 6.18 Å². The number of nitriles is 1. The molecule has 0 saturated carbocycles. The molecule has 0 aliphatic carbocycles. The molecular formula is C6H3F3N3.